The van der Waals surface area contributed by atoms with Crippen LogP contribution in [0.4, 0.5) is 13.2 Å². The summed E-state index contributed by atoms with van der Waals surface area (Å²) in [6.07, 6.45) is -4.38. The van der Waals surface area contributed by atoms with E-state index in [0.29, 0.717) is 0 Å². The summed E-state index contributed by atoms with van der Waals surface area (Å²) in [4.78, 5) is 0. The highest BCUT2D eigenvalue weighted by atomic mass is 19.4. The molecule has 0 saturated carbocycles. The zero-order chi connectivity index (χ0) is 12.4. The van der Waals surface area contributed by atoms with Gasteiger partial charge in [-0.05, 0) is 5.56 Å². The highest BCUT2D eigenvalue weighted by Crippen LogP contribution is 2.42. The first-order chi connectivity index (χ1) is 8.04. The number of rotatable bonds is 4. The first-order valence-corrected chi connectivity index (χ1v) is 5.36. The Labute approximate surface area is 97.3 Å². The van der Waals surface area contributed by atoms with Crippen molar-refractivity contribution < 1.29 is 22.6 Å². The Balaban J connectivity index is 1.86. The van der Waals surface area contributed by atoms with Gasteiger partial charge in [0.2, 0.25) is 0 Å². The van der Waals surface area contributed by atoms with Crippen LogP contribution < -0.4 is 0 Å². The third-order valence-corrected chi connectivity index (χ3v) is 2.85. The van der Waals surface area contributed by atoms with E-state index in [4.69, 9.17) is 4.74 Å². The molecule has 1 heterocycles. The molecule has 1 aliphatic heterocycles. The van der Waals surface area contributed by atoms with Gasteiger partial charge in [-0.1, -0.05) is 30.3 Å². The molecule has 1 unspecified atom stereocenters. The van der Waals surface area contributed by atoms with Gasteiger partial charge < -0.3 is 9.47 Å². The van der Waals surface area contributed by atoms with Crippen LogP contribution in [-0.4, -0.2) is 25.0 Å². The molecule has 0 amide bonds. The maximum Gasteiger partial charge on any atom is 0.419 e. The third kappa shape index (κ3) is 2.61. The molecule has 17 heavy (non-hydrogen) atoms. The maximum atomic E-state index is 12.7. The Morgan fingerprint density at radius 1 is 1.24 bits per heavy atom. The predicted molar refractivity (Wildman–Crippen MR) is 55.5 cm³/mol. The Morgan fingerprint density at radius 2 is 1.88 bits per heavy atom. The van der Waals surface area contributed by atoms with E-state index in [-0.39, 0.29) is 19.6 Å². The van der Waals surface area contributed by atoms with Crippen molar-refractivity contribution in [3.8, 4) is 0 Å². The number of benzene rings is 1. The van der Waals surface area contributed by atoms with Crippen molar-refractivity contribution in [2.75, 3.05) is 13.2 Å². The Morgan fingerprint density at radius 3 is 2.35 bits per heavy atom. The van der Waals surface area contributed by atoms with Crippen LogP contribution in [0, 0.1) is 0 Å². The molecule has 1 aromatic carbocycles. The Hall–Kier alpha value is -1.07. The molecule has 0 spiro atoms. The fourth-order valence-corrected chi connectivity index (χ4v) is 1.68. The van der Waals surface area contributed by atoms with Gasteiger partial charge in [0.05, 0.1) is 19.8 Å². The monoisotopic (exact) mass is 246 g/mol. The minimum Gasteiger partial charge on any atom is -0.373 e. The molecule has 1 fully saturated rings. The molecule has 0 aromatic heterocycles. The summed E-state index contributed by atoms with van der Waals surface area (Å²) in [7, 11) is 0. The minimum absolute atomic E-state index is 0.0225. The molecule has 0 N–H and O–H groups in total. The van der Waals surface area contributed by atoms with Crippen LogP contribution >= 0.6 is 0 Å². The molecule has 0 aliphatic carbocycles. The summed E-state index contributed by atoms with van der Waals surface area (Å²) >= 11 is 0. The Bertz CT molecular complexity index is 358. The van der Waals surface area contributed by atoms with E-state index < -0.39 is 18.4 Å². The third-order valence-electron chi connectivity index (χ3n) is 2.85. The van der Waals surface area contributed by atoms with Gasteiger partial charge in [0, 0.05) is 6.42 Å². The molecule has 1 atom stereocenters. The van der Waals surface area contributed by atoms with Crippen molar-refractivity contribution in [1.29, 1.82) is 0 Å². The molecule has 2 nitrogen and oxygen atoms in total. The lowest BCUT2D eigenvalue weighted by molar-refractivity contribution is -0.338. The maximum absolute atomic E-state index is 12.7. The van der Waals surface area contributed by atoms with E-state index in [1.807, 2.05) is 30.3 Å². The normalized spacial score (nSPS) is 24.4. The number of alkyl halides is 3. The SMILES string of the molecule is FC(F)(F)C1(COCc2ccccc2)CCO1. The zero-order valence-electron chi connectivity index (χ0n) is 9.17. The van der Waals surface area contributed by atoms with Gasteiger partial charge >= 0.3 is 6.18 Å². The predicted octanol–water partition coefficient (Wildman–Crippen LogP) is 2.92. The van der Waals surface area contributed by atoms with E-state index in [9.17, 15) is 13.2 Å². The average molecular weight is 246 g/mol. The fraction of sp³-hybridized carbons (Fsp3) is 0.500. The van der Waals surface area contributed by atoms with Crippen LogP contribution in [0.2, 0.25) is 0 Å². The lowest BCUT2D eigenvalue weighted by Crippen LogP contribution is -2.58. The summed E-state index contributed by atoms with van der Waals surface area (Å²) in [5.74, 6) is 0. The second-order valence-corrected chi connectivity index (χ2v) is 4.07. The average Bonchev–Trinajstić information content (AvgIpc) is 2.21. The van der Waals surface area contributed by atoms with Gasteiger partial charge in [0.25, 0.3) is 0 Å². The standard InChI is InChI=1S/C12H13F3O2/c13-12(14,15)11(6-7-17-11)9-16-8-10-4-2-1-3-5-10/h1-5H,6-9H2. The van der Waals surface area contributed by atoms with Crippen molar-refractivity contribution in [1.82, 2.24) is 0 Å². The quantitative estimate of drug-likeness (QED) is 0.813. The highest BCUT2D eigenvalue weighted by Gasteiger charge is 2.60. The van der Waals surface area contributed by atoms with Crippen molar-refractivity contribution >= 4 is 0 Å². The largest absolute Gasteiger partial charge is 0.419 e. The number of hydrogen-bond donors (Lipinski definition) is 0. The molecular weight excluding hydrogens is 233 g/mol. The highest BCUT2D eigenvalue weighted by molar-refractivity contribution is 5.13. The molecular formula is C12H13F3O2. The van der Waals surface area contributed by atoms with E-state index in [2.05, 4.69) is 4.74 Å². The molecule has 0 radical (unpaired) electrons. The molecule has 1 aliphatic rings. The molecule has 5 heteroatoms. The van der Waals surface area contributed by atoms with E-state index >= 15 is 0 Å². The molecule has 1 saturated heterocycles. The first-order valence-electron chi connectivity index (χ1n) is 5.36. The Kier molecular flexibility index (Phi) is 3.40. The lowest BCUT2D eigenvalue weighted by Gasteiger charge is -2.42. The number of hydrogen-bond acceptors (Lipinski definition) is 2. The van der Waals surface area contributed by atoms with Crippen molar-refractivity contribution in [3.05, 3.63) is 35.9 Å². The summed E-state index contributed by atoms with van der Waals surface area (Å²) in [6.45, 7) is -0.123. The van der Waals surface area contributed by atoms with Crippen LogP contribution in [0.3, 0.4) is 0 Å². The van der Waals surface area contributed by atoms with E-state index in [0.717, 1.165) is 5.56 Å². The molecule has 1 aromatic rings. The summed E-state index contributed by atoms with van der Waals surface area (Å²) in [6, 6.07) is 9.09. The molecule has 2 rings (SSSR count). The molecule has 94 valence electrons. The summed E-state index contributed by atoms with van der Waals surface area (Å²) in [5, 5.41) is 0. The summed E-state index contributed by atoms with van der Waals surface area (Å²) in [5.41, 5.74) is -1.23. The second kappa shape index (κ2) is 4.66. The lowest BCUT2D eigenvalue weighted by atomic mass is 9.95. The smallest absolute Gasteiger partial charge is 0.373 e. The minimum atomic E-state index is -4.36. The number of ether oxygens (including phenoxy) is 2. The van der Waals surface area contributed by atoms with Crippen LogP contribution in [0.1, 0.15) is 12.0 Å². The van der Waals surface area contributed by atoms with E-state index in [1.54, 1.807) is 0 Å². The van der Waals surface area contributed by atoms with Crippen LogP contribution in [0.5, 0.6) is 0 Å². The van der Waals surface area contributed by atoms with Crippen LogP contribution in [-0.2, 0) is 16.1 Å². The van der Waals surface area contributed by atoms with Crippen LogP contribution in [0.25, 0.3) is 0 Å². The van der Waals surface area contributed by atoms with Crippen LogP contribution in [0.15, 0.2) is 30.3 Å². The zero-order valence-corrected chi connectivity index (χ0v) is 9.17. The van der Waals surface area contributed by atoms with Gasteiger partial charge in [-0.25, -0.2) is 0 Å². The van der Waals surface area contributed by atoms with Gasteiger partial charge in [0.15, 0.2) is 5.60 Å². The van der Waals surface area contributed by atoms with Gasteiger partial charge in [-0.15, -0.1) is 0 Å². The van der Waals surface area contributed by atoms with Crippen molar-refractivity contribution in [2.24, 2.45) is 0 Å². The van der Waals surface area contributed by atoms with Crippen molar-refractivity contribution in [2.45, 2.75) is 24.8 Å². The van der Waals surface area contributed by atoms with Crippen molar-refractivity contribution in [3.63, 3.8) is 0 Å². The molecule has 0 bridgehead atoms. The van der Waals surface area contributed by atoms with E-state index in [1.165, 1.54) is 0 Å². The van der Waals surface area contributed by atoms with Gasteiger partial charge in [-0.2, -0.15) is 13.2 Å². The second-order valence-electron chi connectivity index (χ2n) is 4.07. The van der Waals surface area contributed by atoms with Gasteiger partial charge in [-0.3, -0.25) is 0 Å². The summed E-state index contributed by atoms with van der Waals surface area (Å²) < 4.78 is 47.8. The first kappa shape index (κ1) is 12.4. The van der Waals surface area contributed by atoms with Gasteiger partial charge in [0.1, 0.15) is 0 Å². The fourth-order valence-electron chi connectivity index (χ4n) is 1.68. The number of halogens is 3. The topological polar surface area (TPSA) is 18.5 Å².